The number of benzene rings is 2. The Labute approximate surface area is 164 Å². The molecule has 4 nitrogen and oxygen atoms in total. The number of nitrogens with zero attached hydrogens (tertiary/aromatic N) is 2. The van der Waals surface area contributed by atoms with E-state index in [9.17, 15) is 14.0 Å². The molecular weight excluding hydrogens is 355 g/mol. The Morgan fingerprint density at radius 2 is 1.93 bits per heavy atom. The Morgan fingerprint density at radius 3 is 2.64 bits per heavy atom. The zero-order valence-corrected chi connectivity index (χ0v) is 15.8. The minimum Gasteiger partial charge on any atom is -0.335 e. The summed E-state index contributed by atoms with van der Waals surface area (Å²) in [7, 11) is 0. The van der Waals surface area contributed by atoms with E-state index >= 15 is 0 Å². The molecule has 0 saturated heterocycles. The average Bonchev–Trinajstić information content (AvgIpc) is 3.51. The summed E-state index contributed by atoms with van der Waals surface area (Å²) >= 11 is 0. The molecule has 1 atom stereocenters. The fourth-order valence-electron chi connectivity index (χ4n) is 3.83. The molecule has 2 aromatic carbocycles. The van der Waals surface area contributed by atoms with Crippen LogP contribution in [0.1, 0.15) is 48.9 Å². The van der Waals surface area contributed by atoms with Crippen molar-refractivity contribution >= 4 is 17.9 Å². The van der Waals surface area contributed by atoms with Gasteiger partial charge in [0.1, 0.15) is 5.82 Å². The van der Waals surface area contributed by atoms with Crippen LogP contribution in [0.15, 0.2) is 54.7 Å². The maximum atomic E-state index is 13.6. The van der Waals surface area contributed by atoms with Crippen LogP contribution < -0.4 is 0 Å². The lowest BCUT2D eigenvalue weighted by atomic mass is 9.93. The monoisotopic (exact) mass is 378 g/mol. The predicted octanol–water partition coefficient (Wildman–Crippen LogP) is 4.28. The summed E-state index contributed by atoms with van der Waals surface area (Å²) in [4.78, 5) is 28.9. The van der Waals surface area contributed by atoms with Crippen LogP contribution in [0.4, 0.5) is 4.39 Å². The SMILES string of the molecule is CC(=O)N1C=Cc2ccccc2C1CC(=O)N(Cc1cccc(F)c1)C1CC1. The first kappa shape index (κ1) is 18.4. The lowest BCUT2D eigenvalue weighted by Crippen LogP contribution is -2.38. The number of hydrogen-bond donors (Lipinski definition) is 0. The predicted molar refractivity (Wildman–Crippen MR) is 105 cm³/mol. The summed E-state index contributed by atoms with van der Waals surface area (Å²) in [6.07, 6.45) is 5.82. The van der Waals surface area contributed by atoms with E-state index in [1.54, 1.807) is 17.2 Å². The maximum absolute atomic E-state index is 13.6. The van der Waals surface area contributed by atoms with Gasteiger partial charge in [-0.05, 0) is 47.7 Å². The van der Waals surface area contributed by atoms with Gasteiger partial charge in [0.25, 0.3) is 0 Å². The summed E-state index contributed by atoms with van der Waals surface area (Å²) in [5.74, 6) is -0.394. The van der Waals surface area contributed by atoms with E-state index in [0.29, 0.717) is 6.54 Å². The van der Waals surface area contributed by atoms with Crippen molar-refractivity contribution in [3.8, 4) is 0 Å². The number of carbonyl (C=O) groups excluding carboxylic acids is 2. The highest BCUT2D eigenvalue weighted by molar-refractivity contribution is 5.82. The van der Waals surface area contributed by atoms with Gasteiger partial charge in [0.05, 0.1) is 12.5 Å². The summed E-state index contributed by atoms with van der Waals surface area (Å²) in [6, 6.07) is 14.1. The molecule has 1 heterocycles. The molecule has 1 saturated carbocycles. The topological polar surface area (TPSA) is 40.6 Å². The van der Waals surface area contributed by atoms with E-state index in [2.05, 4.69) is 0 Å². The molecule has 0 spiro atoms. The van der Waals surface area contributed by atoms with E-state index < -0.39 is 0 Å². The number of fused-ring (bicyclic) bond motifs is 1. The van der Waals surface area contributed by atoms with Gasteiger partial charge in [-0.25, -0.2) is 4.39 Å². The molecule has 1 aliphatic heterocycles. The second kappa shape index (κ2) is 7.58. The normalized spacial score (nSPS) is 17.9. The first-order valence-corrected chi connectivity index (χ1v) is 9.63. The third kappa shape index (κ3) is 3.84. The van der Waals surface area contributed by atoms with E-state index in [4.69, 9.17) is 0 Å². The van der Waals surface area contributed by atoms with Crippen LogP contribution in [0.5, 0.6) is 0 Å². The molecule has 1 aliphatic carbocycles. The van der Waals surface area contributed by atoms with Crippen molar-refractivity contribution in [2.45, 2.75) is 44.8 Å². The Morgan fingerprint density at radius 1 is 1.14 bits per heavy atom. The summed E-state index contributed by atoms with van der Waals surface area (Å²) in [5.41, 5.74) is 2.79. The molecule has 144 valence electrons. The zero-order chi connectivity index (χ0) is 19.7. The van der Waals surface area contributed by atoms with Crippen molar-refractivity contribution in [3.63, 3.8) is 0 Å². The quantitative estimate of drug-likeness (QED) is 0.779. The van der Waals surface area contributed by atoms with Gasteiger partial charge in [-0.3, -0.25) is 9.59 Å². The highest BCUT2D eigenvalue weighted by Crippen LogP contribution is 2.35. The molecule has 1 fully saturated rings. The van der Waals surface area contributed by atoms with E-state index in [1.807, 2.05) is 41.3 Å². The number of carbonyl (C=O) groups is 2. The molecule has 0 radical (unpaired) electrons. The smallest absolute Gasteiger partial charge is 0.225 e. The Kier molecular flexibility index (Phi) is 4.99. The largest absolute Gasteiger partial charge is 0.335 e. The van der Waals surface area contributed by atoms with Gasteiger partial charge in [0.15, 0.2) is 0 Å². The van der Waals surface area contributed by atoms with E-state index in [-0.39, 0.29) is 36.1 Å². The van der Waals surface area contributed by atoms with Gasteiger partial charge in [-0.15, -0.1) is 0 Å². The van der Waals surface area contributed by atoms with Gasteiger partial charge < -0.3 is 9.80 Å². The third-order valence-electron chi connectivity index (χ3n) is 5.39. The van der Waals surface area contributed by atoms with E-state index in [1.165, 1.54) is 19.1 Å². The van der Waals surface area contributed by atoms with Crippen LogP contribution in [0.2, 0.25) is 0 Å². The molecule has 2 aromatic rings. The molecular formula is C23H23FN2O2. The van der Waals surface area contributed by atoms with Gasteiger partial charge >= 0.3 is 0 Å². The molecule has 0 bridgehead atoms. The molecule has 2 amide bonds. The van der Waals surface area contributed by atoms with Gasteiger partial charge in [0.2, 0.25) is 11.8 Å². The molecule has 4 rings (SSSR count). The van der Waals surface area contributed by atoms with Crippen molar-refractivity contribution in [1.82, 2.24) is 9.80 Å². The van der Waals surface area contributed by atoms with Crippen molar-refractivity contribution < 1.29 is 14.0 Å². The van der Waals surface area contributed by atoms with Crippen LogP contribution >= 0.6 is 0 Å². The summed E-state index contributed by atoms with van der Waals surface area (Å²) in [5, 5.41) is 0. The Bertz CT molecular complexity index is 936. The second-order valence-corrected chi connectivity index (χ2v) is 7.47. The molecule has 0 aromatic heterocycles. The van der Waals surface area contributed by atoms with Crippen molar-refractivity contribution in [2.24, 2.45) is 0 Å². The van der Waals surface area contributed by atoms with Crippen LogP contribution in [0.3, 0.4) is 0 Å². The Balaban J connectivity index is 1.57. The van der Waals surface area contributed by atoms with Crippen LogP contribution in [-0.2, 0) is 16.1 Å². The maximum Gasteiger partial charge on any atom is 0.225 e. The highest BCUT2D eigenvalue weighted by Gasteiger charge is 2.36. The average molecular weight is 378 g/mol. The first-order chi connectivity index (χ1) is 13.5. The molecule has 0 N–H and O–H groups in total. The molecule has 1 unspecified atom stereocenters. The fraction of sp³-hybridized carbons (Fsp3) is 0.304. The second-order valence-electron chi connectivity index (χ2n) is 7.47. The zero-order valence-electron chi connectivity index (χ0n) is 15.8. The minimum atomic E-state index is -0.319. The Hall–Kier alpha value is -2.95. The summed E-state index contributed by atoms with van der Waals surface area (Å²) < 4.78 is 13.6. The van der Waals surface area contributed by atoms with Gasteiger partial charge in [-0.2, -0.15) is 0 Å². The van der Waals surface area contributed by atoms with Gasteiger partial charge in [-0.1, -0.05) is 36.4 Å². The standard InChI is InChI=1S/C23H23FN2O2/c1-16(27)25-12-11-18-6-2-3-8-21(18)22(25)14-23(28)26(20-9-10-20)15-17-5-4-7-19(24)13-17/h2-8,11-13,20,22H,9-10,14-15H2,1H3. The highest BCUT2D eigenvalue weighted by atomic mass is 19.1. The number of halogens is 1. The number of hydrogen-bond acceptors (Lipinski definition) is 2. The van der Waals surface area contributed by atoms with E-state index in [0.717, 1.165) is 29.5 Å². The van der Waals surface area contributed by atoms with Crippen LogP contribution in [0.25, 0.3) is 6.08 Å². The fourth-order valence-corrected chi connectivity index (χ4v) is 3.83. The van der Waals surface area contributed by atoms with Gasteiger partial charge in [0, 0.05) is 25.7 Å². The number of rotatable bonds is 5. The number of amides is 2. The van der Waals surface area contributed by atoms with Crippen molar-refractivity contribution in [3.05, 3.63) is 77.2 Å². The third-order valence-corrected chi connectivity index (χ3v) is 5.39. The summed E-state index contributed by atoms with van der Waals surface area (Å²) in [6.45, 7) is 1.91. The molecule has 2 aliphatic rings. The lowest BCUT2D eigenvalue weighted by Gasteiger charge is -2.34. The molecule has 28 heavy (non-hydrogen) atoms. The van der Waals surface area contributed by atoms with Crippen molar-refractivity contribution in [1.29, 1.82) is 0 Å². The van der Waals surface area contributed by atoms with Crippen LogP contribution in [0, 0.1) is 5.82 Å². The molecule has 5 heteroatoms. The van der Waals surface area contributed by atoms with Crippen molar-refractivity contribution in [2.75, 3.05) is 0 Å². The lowest BCUT2D eigenvalue weighted by molar-refractivity contribution is -0.135. The minimum absolute atomic E-state index is 0.00638. The van der Waals surface area contributed by atoms with Crippen LogP contribution in [-0.4, -0.2) is 27.7 Å². The first-order valence-electron chi connectivity index (χ1n) is 9.63.